The van der Waals surface area contributed by atoms with Gasteiger partial charge in [0.1, 0.15) is 17.8 Å². The summed E-state index contributed by atoms with van der Waals surface area (Å²) in [6, 6.07) is 16.2. The van der Waals surface area contributed by atoms with Crippen molar-refractivity contribution in [1.29, 1.82) is 0 Å². The van der Waals surface area contributed by atoms with E-state index in [1.54, 1.807) is 41.2 Å². The van der Waals surface area contributed by atoms with Gasteiger partial charge in [-0.25, -0.2) is 18.9 Å². The molecule has 2 aromatic heterocycles. The topological polar surface area (TPSA) is 153 Å². The van der Waals surface area contributed by atoms with E-state index in [-0.39, 0.29) is 18.9 Å². The average Bonchev–Trinajstić information content (AvgIpc) is 3.19. The van der Waals surface area contributed by atoms with Gasteiger partial charge in [0, 0.05) is 17.3 Å². The fraction of sp³-hybridized carbons (Fsp3) is 0.0909. The highest BCUT2D eigenvalue weighted by Crippen LogP contribution is 2.30. The molecule has 0 saturated carbocycles. The van der Waals surface area contributed by atoms with Crippen LogP contribution in [0.3, 0.4) is 0 Å². The van der Waals surface area contributed by atoms with Crippen molar-refractivity contribution >= 4 is 40.1 Å². The summed E-state index contributed by atoms with van der Waals surface area (Å²) in [5.41, 5.74) is 14.3. The SMILES string of the molecule is NC(=O)c1cccc(-c2nn(CCN(C=Cc3ccccc3)S(=O)O)c3ncnc(N)c23)c1. The van der Waals surface area contributed by atoms with E-state index in [0.29, 0.717) is 27.9 Å². The molecule has 0 bridgehead atoms. The van der Waals surface area contributed by atoms with Crippen molar-refractivity contribution in [3.8, 4) is 11.3 Å². The third-order valence-electron chi connectivity index (χ3n) is 4.94. The number of amides is 1. The lowest BCUT2D eigenvalue weighted by Crippen LogP contribution is -2.24. The third kappa shape index (κ3) is 4.89. The second-order valence-electron chi connectivity index (χ2n) is 7.07. The Morgan fingerprint density at radius 3 is 2.67 bits per heavy atom. The quantitative estimate of drug-likeness (QED) is 0.339. The van der Waals surface area contributed by atoms with E-state index >= 15 is 0 Å². The Hall–Kier alpha value is -4.09. The van der Waals surface area contributed by atoms with Gasteiger partial charge >= 0.3 is 0 Å². The molecule has 0 radical (unpaired) electrons. The highest BCUT2D eigenvalue weighted by Gasteiger charge is 2.18. The van der Waals surface area contributed by atoms with Gasteiger partial charge < -0.3 is 11.5 Å². The van der Waals surface area contributed by atoms with Gasteiger partial charge in [0.2, 0.25) is 5.91 Å². The summed E-state index contributed by atoms with van der Waals surface area (Å²) in [5, 5.41) is 5.14. The maximum absolute atomic E-state index is 11.9. The number of carbonyl (C=O) groups excluding carboxylic acids is 1. The summed E-state index contributed by atoms with van der Waals surface area (Å²) in [4.78, 5) is 20.0. The minimum Gasteiger partial charge on any atom is -0.383 e. The molecule has 4 aromatic rings. The smallest absolute Gasteiger partial charge is 0.261 e. The summed E-state index contributed by atoms with van der Waals surface area (Å²) in [5.74, 6) is -0.326. The van der Waals surface area contributed by atoms with Crippen LogP contribution in [-0.4, -0.2) is 45.3 Å². The second-order valence-corrected chi connectivity index (χ2v) is 8.00. The number of hydrogen-bond donors (Lipinski definition) is 3. The predicted octanol–water partition coefficient (Wildman–Crippen LogP) is 2.28. The number of nitrogens with zero attached hydrogens (tertiary/aromatic N) is 5. The molecule has 1 atom stereocenters. The summed E-state index contributed by atoms with van der Waals surface area (Å²) in [7, 11) is 0. The minimum atomic E-state index is -2.23. The largest absolute Gasteiger partial charge is 0.383 e. The van der Waals surface area contributed by atoms with Crippen molar-refractivity contribution in [2.75, 3.05) is 12.3 Å². The monoisotopic (exact) mass is 463 g/mol. The normalized spacial score (nSPS) is 12.3. The predicted molar refractivity (Wildman–Crippen MR) is 127 cm³/mol. The lowest BCUT2D eigenvalue weighted by molar-refractivity contribution is 0.100. The Kier molecular flexibility index (Phi) is 6.43. The first-order valence-corrected chi connectivity index (χ1v) is 11.0. The van der Waals surface area contributed by atoms with Gasteiger partial charge in [-0.05, 0) is 23.8 Å². The van der Waals surface area contributed by atoms with E-state index in [2.05, 4.69) is 15.1 Å². The zero-order chi connectivity index (χ0) is 23.4. The number of primary amides is 1. The van der Waals surface area contributed by atoms with E-state index < -0.39 is 17.2 Å². The highest BCUT2D eigenvalue weighted by atomic mass is 32.2. The van der Waals surface area contributed by atoms with E-state index in [1.807, 2.05) is 30.3 Å². The van der Waals surface area contributed by atoms with Crippen LogP contribution in [0.4, 0.5) is 5.82 Å². The number of hydrogen-bond acceptors (Lipinski definition) is 6. The molecule has 0 saturated heterocycles. The Labute approximate surface area is 192 Å². The number of benzene rings is 2. The van der Waals surface area contributed by atoms with Gasteiger partial charge in [0.15, 0.2) is 5.65 Å². The molecule has 1 unspecified atom stereocenters. The Morgan fingerprint density at radius 2 is 1.94 bits per heavy atom. The van der Waals surface area contributed by atoms with Gasteiger partial charge in [-0.3, -0.25) is 13.7 Å². The molecule has 33 heavy (non-hydrogen) atoms. The molecular formula is C22H21N7O3S. The first-order chi connectivity index (χ1) is 15.9. The molecule has 5 N–H and O–H groups in total. The number of nitrogen functional groups attached to an aromatic ring is 1. The minimum absolute atomic E-state index is 0.175. The van der Waals surface area contributed by atoms with Crippen LogP contribution in [0.25, 0.3) is 28.4 Å². The Morgan fingerprint density at radius 1 is 1.15 bits per heavy atom. The standard InChI is InChI=1S/C22H21N7O3S/c23-20-18-19(16-7-4-8-17(13-16)21(24)30)27-29(22(18)26-14-25-20)12-11-28(33(31)32)10-9-15-5-2-1-3-6-15/h1-10,13-14H,11-12H2,(H2,24,30)(H,31,32)(H2,23,25,26). The van der Waals surface area contributed by atoms with Crippen LogP contribution in [0.1, 0.15) is 15.9 Å². The molecule has 1 amide bonds. The molecular weight excluding hydrogens is 442 g/mol. The fourth-order valence-corrected chi connectivity index (χ4v) is 3.74. The number of anilines is 1. The first-order valence-electron chi connectivity index (χ1n) is 9.92. The van der Waals surface area contributed by atoms with Crippen molar-refractivity contribution in [2.24, 2.45) is 5.73 Å². The maximum Gasteiger partial charge on any atom is 0.261 e. The first kappa shape index (κ1) is 22.1. The van der Waals surface area contributed by atoms with E-state index in [0.717, 1.165) is 5.56 Å². The van der Waals surface area contributed by atoms with Gasteiger partial charge in [0.05, 0.1) is 18.5 Å². The Balaban J connectivity index is 1.66. The van der Waals surface area contributed by atoms with Crippen molar-refractivity contribution in [3.63, 3.8) is 0 Å². The number of nitrogens with two attached hydrogens (primary N) is 2. The lowest BCUT2D eigenvalue weighted by Gasteiger charge is -2.15. The van der Waals surface area contributed by atoms with Crippen LogP contribution in [0.15, 0.2) is 67.1 Å². The van der Waals surface area contributed by atoms with Crippen LogP contribution < -0.4 is 11.5 Å². The van der Waals surface area contributed by atoms with Crippen LogP contribution in [-0.2, 0) is 17.8 Å². The average molecular weight is 464 g/mol. The number of carbonyl (C=O) groups is 1. The summed E-state index contributed by atoms with van der Waals surface area (Å²) < 4.78 is 24.4. The molecule has 2 aromatic carbocycles. The number of aromatic nitrogens is 4. The van der Waals surface area contributed by atoms with Gasteiger partial charge in [-0.1, -0.05) is 42.5 Å². The maximum atomic E-state index is 11.9. The highest BCUT2D eigenvalue weighted by molar-refractivity contribution is 7.76. The second kappa shape index (κ2) is 9.59. The van der Waals surface area contributed by atoms with Crippen molar-refractivity contribution in [1.82, 2.24) is 24.1 Å². The molecule has 0 aliphatic rings. The molecule has 4 rings (SSSR count). The number of rotatable bonds is 8. The molecule has 11 heteroatoms. The molecule has 0 spiro atoms. The molecule has 0 aliphatic carbocycles. The zero-order valence-corrected chi connectivity index (χ0v) is 18.2. The van der Waals surface area contributed by atoms with E-state index in [4.69, 9.17) is 11.5 Å². The van der Waals surface area contributed by atoms with Crippen LogP contribution >= 0.6 is 0 Å². The van der Waals surface area contributed by atoms with Crippen molar-refractivity contribution in [2.45, 2.75) is 6.54 Å². The molecule has 10 nitrogen and oxygen atoms in total. The van der Waals surface area contributed by atoms with Crippen LogP contribution in [0.5, 0.6) is 0 Å². The third-order valence-corrected chi connectivity index (χ3v) is 5.65. The van der Waals surface area contributed by atoms with E-state index in [1.165, 1.54) is 10.6 Å². The molecule has 168 valence electrons. The van der Waals surface area contributed by atoms with Crippen LogP contribution in [0, 0.1) is 0 Å². The molecule has 0 fully saturated rings. The van der Waals surface area contributed by atoms with E-state index in [9.17, 15) is 13.6 Å². The summed E-state index contributed by atoms with van der Waals surface area (Å²) in [6.45, 7) is 0.418. The van der Waals surface area contributed by atoms with Gasteiger partial charge in [-0.2, -0.15) is 5.10 Å². The van der Waals surface area contributed by atoms with Crippen molar-refractivity contribution < 1.29 is 13.6 Å². The van der Waals surface area contributed by atoms with Gasteiger partial charge in [0.25, 0.3) is 11.3 Å². The zero-order valence-electron chi connectivity index (χ0n) is 17.4. The lowest BCUT2D eigenvalue weighted by atomic mass is 10.1. The Bertz CT molecular complexity index is 1350. The molecule has 0 aliphatic heterocycles. The van der Waals surface area contributed by atoms with Crippen molar-refractivity contribution in [3.05, 3.63) is 78.3 Å². The van der Waals surface area contributed by atoms with Gasteiger partial charge in [-0.15, -0.1) is 0 Å². The fourth-order valence-electron chi connectivity index (χ4n) is 3.34. The summed E-state index contributed by atoms with van der Waals surface area (Å²) in [6.07, 6.45) is 4.63. The molecule has 2 heterocycles. The summed E-state index contributed by atoms with van der Waals surface area (Å²) >= 11 is -2.23. The van der Waals surface area contributed by atoms with Crippen LogP contribution in [0.2, 0.25) is 0 Å². The number of fused-ring (bicyclic) bond motifs is 1.